The number of benzene rings is 2. The Morgan fingerprint density at radius 3 is 2.33 bits per heavy atom. The fourth-order valence-corrected chi connectivity index (χ4v) is 6.59. The van der Waals surface area contributed by atoms with Crippen LogP contribution in [0.15, 0.2) is 48.5 Å². The van der Waals surface area contributed by atoms with Crippen LogP contribution < -0.4 is 15.4 Å². The van der Waals surface area contributed by atoms with Crippen LogP contribution in [0.2, 0.25) is 0 Å². The van der Waals surface area contributed by atoms with Crippen LogP contribution in [0.1, 0.15) is 64.2 Å². The Kier molecular flexibility index (Phi) is 5.39. The zero-order chi connectivity index (χ0) is 26.9. The van der Waals surface area contributed by atoms with E-state index < -0.39 is 12.1 Å². The molecule has 2 saturated carbocycles. The summed E-state index contributed by atoms with van der Waals surface area (Å²) >= 11 is 0. The maximum atomic E-state index is 14.1. The smallest absolute Gasteiger partial charge is 0.277 e. The summed E-state index contributed by atoms with van der Waals surface area (Å²) in [5.41, 5.74) is 9.51. The van der Waals surface area contributed by atoms with Crippen LogP contribution >= 0.6 is 0 Å². The van der Waals surface area contributed by atoms with Crippen molar-refractivity contribution in [3.63, 3.8) is 0 Å². The first-order chi connectivity index (χ1) is 18.8. The van der Waals surface area contributed by atoms with E-state index in [0.29, 0.717) is 42.2 Å². The number of halogens is 1. The van der Waals surface area contributed by atoms with Gasteiger partial charge in [0.25, 0.3) is 11.8 Å². The highest BCUT2D eigenvalue weighted by molar-refractivity contribution is 6.10. The number of hydrogen-bond donors (Lipinski definition) is 1. The highest BCUT2D eigenvalue weighted by Gasteiger charge is 2.56. The number of carbonyl (C=O) groups is 2. The first-order valence-corrected chi connectivity index (χ1v) is 13.7. The zero-order valence-corrected chi connectivity index (χ0v) is 22.0. The number of anilines is 1. The number of rotatable bonds is 7. The van der Waals surface area contributed by atoms with Crippen molar-refractivity contribution in [2.75, 3.05) is 38.2 Å². The molecule has 39 heavy (non-hydrogen) atoms. The van der Waals surface area contributed by atoms with Crippen LogP contribution in [0.3, 0.4) is 0 Å². The van der Waals surface area contributed by atoms with Crippen LogP contribution in [0.4, 0.5) is 10.1 Å². The van der Waals surface area contributed by atoms with Crippen LogP contribution in [0.25, 0.3) is 5.69 Å². The quantitative estimate of drug-likeness (QED) is 0.503. The van der Waals surface area contributed by atoms with E-state index in [-0.39, 0.29) is 22.4 Å². The summed E-state index contributed by atoms with van der Waals surface area (Å²) in [4.78, 5) is 30.6. The van der Waals surface area contributed by atoms with Crippen molar-refractivity contribution >= 4 is 17.5 Å². The molecule has 0 bridgehead atoms. The van der Waals surface area contributed by atoms with E-state index in [1.807, 2.05) is 29.2 Å². The Hall–Kier alpha value is -3.72. The Morgan fingerprint density at radius 1 is 1.08 bits per heavy atom. The van der Waals surface area contributed by atoms with E-state index in [1.165, 1.54) is 5.56 Å². The van der Waals surface area contributed by atoms with Gasteiger partial charge in [0.1, 0.15) is 17.6 Å². The van der Waals surface area contributed by atoms with E-state index in [1.54, 1.807) is 23.9 Å². The number of carbonyl (C=O) groups excluding carboxylic acids is 2. The van der Waals surface area contributed by atoms with Crippen molar-refractivity contribution in [1.82, 2.24) is 14.7 Å². The molecule has 1 saturated heterocycles. The highest BCUT2D eigenvalue weighted by Crippen LogP contribution is 2.55. The predicted molar refractivity (Wildman–Crippen MR) is 145 cm³/mol. The molecular formula is C30H32FN5O3. The van der Waals surface area contributed by atoms with Gasteiger partial charge in [-0.05, 0) is 74.1 Å². The second kappa shape index (κ2) is 8.64. The van der Waals surface area contributed by atoms with Crippen molar-refractivity contribution in [3.8, 4) is 11.4 Å². The number of amides is 2. The van der Waals surface area contributed by atoms with E-state index in [0.717, 1.165) is 44.5 Å². The fourth-order valence-electron chi connectivity index (χ4n) is 6.59. The molecule has 2 N–H and O–H groups in total. The first-order valence-electron chi connectivity index (χ1n) is 13.7. The third-order valence-electron chi connectivity index (χ3n) is 9.11. The van der Waals surface area contributed by atoms with Crippen molar-refractivity contribution in [3.05, 3.63) is 71.0 Å². The number of hydrogen-bond acceptors (Lipinski definition) is 5. The molecule has 3 aromatic rings. The summed E-state index contributed by atoms with van der Waals surface area (Å²) in [7, 11) is 1.59. The number of nitrogens with two attached hydrogens (primary N) is 1. The molecular weight excluding hydrogens is 497 g/mol. The topological polar surface area (TPSA) is 93.7 Å². The molecule has 2 aromatic carbocycles. The number of alkyl halides is 1. The molecule has 1 atom stereocenters. The predicted octanol–water partition coefficient (Wildman–Crippen LogP) is 3.75. The summed E-state index contributed by atoms with van der Waals surface area (Å²) in [6, 6.07) is 15.5. The molecule has 3 heterocycles. The van der Waals surface area contributed by atoms with Gasteiger partial charge >= 0.3 is 0 Å². The molecule has 7 rings (SSSR count). The molecule has 1 spiro atoms. The minimum atomic E-state index is -0.714. The fraction of sp³-hybridized carbons (Fsp3) is 0.433. The van der Waals surface area contributed by atoms with Gasteiger partial charge in [-0.3, -0.25) is 14.5 Å². The average Bonchev–Trinajstić information content (AvgIpc) is 3.82. The van der Waals surface area contributed by atoms with Gasteiger partial charge < -0.3 is 15.4 Å². The van der Waals surface area contributed by atoms with Crippen molar-refractivity contribution in [2.24, 2.45) is 5.73 Å². The Balaban J connectivity index is 1.23. The number of primary amides is 1. The minimum Gasteiger partial charge on any atom is -0.497 e. The Labute approximate surface area is 226 Å². The maximum absolute atomic E-state index is 14.1. The third-order valence-corrected chi connectivity index (χ3v) is 9.11. The van der Waals surface area contributed by atoms with E-state index >= 15 is 0 Å². The number of methoxy groups -OCH3 is 1. The van der Waals surface area contributed by atoms with Crippen LogP contribution in [-0.2, 0) is 10.8 Å². The number of likely N-dealkylation sites (tertiary alicyclic amines) is 1. The summed E-state index contributed by atoms with van der Waals surface area (Å²) in [6.45, 7) is 2.73. The summed E-state index contributed by atoms with van der Waals surface area (Å²) < 4.78 is 20.6. The molecule has 202 valence electrons. The lowest BCUT2D eigenvalue weighted by molar-refractivity contribution is 0.0966. The molecule has 4 aliphatic rings. The second-order valence-corrected chi connectivity index (χ2v) is 11.7. The number of fused-ring (bicyclic) bond motifs is 2. The van der Waals surface area contributed by atoms with Crippen molar-refractivity contribution in [2.45, 2.75) is 49.1 Å². The van der Waals surface area contributed by atoms with Crippen LogP contribution in [0.5, 0.6) is 5.75 Å². The maximum Gasteiger partial charge on any atom is 0.277 e. The van der Waals surface area contributed by atoms with Gasteiger partial charge in [0.05, 0.1) is 12.8 Å². The van der Waals surface area contributed by atoms with E-state index in [2.05, 4.69) is 22.1 Å². The Morgan fingerprint density at radius 2 is 1.77 bits per heavy atom. The summed E-state index contributed by atoms with van der Waals surface area (Å²) in [6.07, 6.45) is 3.85. The number of ether oxygens (including phenoxy) is 1. The van der Waals surface area contributed by atoms with Crippen molar-refractivity contribution < 1.29 is 18.7 Å². The molecule has 3 fully saturated rings. The molecule has 1 aromatic heterocycles. The van der Waals surface area contributed by atoms with Crippen molar-refractivity contribution in [1.29, 1.82) is 0 Å². The lowest BCUT2D eigenvalue weighted by Crippen LogP contribution is -2.44. The third kappa shape index (κ3) is 3.93. The van der Waals surface area contributed by atoms with Gasteiger partial charge in [0.2, 0.25) is 0 Å². The van der Waals surface area contributed by atoms with E-state index in [9.17, 15) is 14.0 Å². The standard InChI is InChI=1S/C30H32FN5O3/c1-39-23-8-6-22(7-9-23)36-26-24(25(33-36)27(32)37)30(13-14-30)18-35(28(26)38)21-4-2-19(3-5-21)29(11-12-29)17-34-15-10-20(31)16-34/h2-9,20H,10-18H2,1H3,(H2,32,37)/t20-/m1/s1. The molecule has 0 radical (unpaired) electrons. The van der Waals surface area contributed by atoms with Gasteiger partial charge in [0.15, 0.2) is 5.69 Å². The largest absolute Gasteiger partial charge is 0.497 e. The summed E-state index contributed by atoms with van der Waals surface area (Å²) in [5, 5.41) is 4.56. The molecule has 2 amide bonds. The normalized spacial score (nSPS) is 22.7. The zero-order valence-electron chi connectivity index (χ0n) is 22.0. The first kappa shape index (κ1) is 24.3. The number of nitrogens with zero attached hydrogens (tertiary/aromatic N) is 4. The SMILES string of the molecule is COc1ccc(-n2nc(C(N)=O)c3c2C(=O)N(c2ccc(C4(CN5CC[C@@H](F)C5)CC4)cc2)CC32CC2)cc1. The number of aromatic nitrogens is 2. The van der Waals surface area contributed by atoms with Crippen LogP contribution in [-0.4, -0.2) is 66.0 Å². The molecule has 8 nitrogen and oxygen atoms in total. The lowest BCUT2D eigenvalue weighted by Gasteiger charge is -2.34. The average molecular weight is 530 g/mol. The molecule has 2 aliphatic heterocycles. The van der Waals surface area contributed by atoms with Gasteiger partial charge in [-0.25, -0.2) is 9.07 Å². The van der Waals surface area contributed by atoms with Crippen LogP contribution in [0, 0.1) is 0 Å². The van der Waals surface area contributed by atoms with Gasteiger partial charge in [-0.1, -0.05) is 12.1 Å². The Bertz CT molecular complexity index is 1460. The molecule has 9 heteroatoms. The lowest BCUT2D eigenvalue weighted by atomic mass is 9.87. The molecule has 2 aliphatic carbocycles. The van der Waals surface area contributed by atoms with E-state index in [4.69, 9.17) is 10.5 Å². The highest BCUT2D eigenvalue weighted by atomic mass is 19.1. The van der Waals surface area contributed by atoms with Gasteiger partial charge in [0, 0.05) is 48.3 Å². The monoisotopic (exact) mass is 529 g/mol. The second-order valence-electron chi connectivity index (χ2n) is 11.7. The van der Waals surface area contributed by atoms with Gasteiger partial charge in [-0.2, -0.15) is 5.10 Å². The minimum absolute atomic E-state index is 0.0861. The van der Waals surface area contributed by atoms with Gasteiger partial charge in [-0.15, -0.1) is 0 Å². The summed E-state index contributed by atoms with van der Waals surface area (Å²) in [5.74, 6) is -0.134. The molecule has 0 unspecified atom stereocenters.